The maximum Gasteiger partial charge on any atom is 0.419 e. The highest BCUT2D eigenvalue weighted by molar-refractivity contribution is 6.09. The number of nitrogens with zero attached hydrogens (tertiary/aromatic N) is 3. The lowest BCUT2D eigenvalue weighted by Crippen LogP contribution is -2.26. The standard InChI is InChI=1S/C15H17N3O3/c1-9-6-7-17-11-10(13(19)16-5)8-18(12(9)11)14(20)21-15(2,3)4/h6-8H,5H2,1-4H3. The van der Waals surface area contributed by atoms with Crippen LogP contribution in [0, 0.1) is 6.92 Å². The molecule has 0 unspecified atom stereocenters. The Kier molecular flexibility index (Phi) is 3.63. The predicted molar refractivity (Wildman–Crippen MR) is 80.0 cm³/mol. The first kappa shape index (κ1) is 14.9. The molecule has 21 heavy (non-hydrogen) atoms. The van der Waals surface area contributed by atoms with Gasteiger partial charge in [0.2, 0.25) is 0 Å². The zero-order valence-electron chi connectivity index (χ0n) is 12.5. The smallest absolute Gasteiger partial charge is 0.419 e. The van der Waals surface area contributed by atoms with Crippen molar-refractivity contribution in [3.63, 3.8) is 0 Å². The van der Waals surface area contributed by atoms with Gasteiger partial charge in [0.15, 0.2) is 0 Å². The van der Waals surface area contributed by atoms with Gasteiger partial charge in [-0.1, -0.05) is 0 Å². The van der Waals surface area contributed by atoms with Crippen LogP contribution in [0.1, 0.15) is 36.7 Å². The molecule has 0 saturated heterocycles. The minimum absolute atomic E-state index is 0.231. The van der Waals surface area contributed by atoms with E-state index in [-0.39, 0.29) is 5.56 Å². The Morgan fingerprint density at radius 3 is 2.62 bits per heavy atom. The summed E-state index contributed by atoms with van der Waals surface area (Å²) >= 11 is 0. The van der Waals surface area contributed by atoms with Gasteiger partial charge in [-0.15, -0.1) is 0 Å². The van der Waals surface area contributed by atoms with Crippen molar-refractivity contribution >= 4 is 29.8 Å². The zero-order chi connectivity index (χ0) is 15.8. The molecule has 0 radical (unpaired) electrons. The number of aliphatic imine (C=N–C) groups is 1. The van der Waals surface area contributed by atoms with E-state index in [1.807, 2.05) is 6.92 Å². The van der Waals surface area contributed by atoms with E-state index >= 15 is 0 Å². The Hall–Kier alpha value is -2.50. The van der Waals surface area contributed by atoms with E-state index in [0.29, 0.717) is 11.0 Å². The van der Waals surface area contributed by atoms with Crippen molar-refractivity contribution < 1.29 is 14.3 Å². The van der Waals surface area contributed by atoms with E-state index < -0.39 is 17.6 Å². The number of hydrogen-bond acceptors (Lipinski definition) is 4. The maximum atomic E-state index is 12.3. The van der Waals surface area contributed by atoms with Crippen LogP contribution in [-0.2, 0) is 4.74 Å². The second kappa shape index (κ2) is 5.12. The summed E-state index contributed by atoms with van der Waals surface area (Å²) in [5.41, 5.74) is 1.37. The van der Waals surface area contributed by atoms with Crippen molar-refractivity contribution in [2.45, 2.75) is 33.3 Å². The third kappa shape index (κ3) is 2.84. The number of aromatic nitrogens is 2. The second-order valence-electron chi connectivity index (χ2n) is 5.68. The van der Waals surface area contributed by atoms with Crippen LogP contribution in [0.2, 0.25) is 0 Å². The van der Waals surface area contributed by atoms with Gasteiger partial charge >= 0.3 is 6.09 Å². The van der Waals surface area contributed by atoms with Crippen LogP contribution in [0.25, 0.3) is 11.0 Å². The largest absolute Gasteiger partial charge is 0.443 e. The summed E-state index contributed by atoms with van der Waals surface area (Å²) in [5.74, 6) is -0.527. The molecule has 0 N–H and O–H groups in total. The predicted octanol–water partition coefficient (Wildman–Crippen LogP) is 2.97. The lowest BCUT2D eigenvalue weighted by Gasteiger charge is -2.19. The average molecular weight is 287 g/mol. The number of fused-ring (bicyclic) bond motifs is 1. The van der Waals surface area contributed by atoms with Gasteiger partial charge in [-0.2, -0.15) is 0 Å². The van der Waals surface area contributed by atoms with Crippen LogP contribution in [0.15, 0.2) is 23.5 Å². The van der Waals surface area contributed by atoms with Crippen molar-refractivity contribution in [2.75, 3.05) is 0 Å². The lowest BCUT2D eigenvalue weighted by atomic mass is 10.2. The average Bonchev–Trinajstić information content (AvgIpc) is 2.77. The third-order valence-corrected chi connectivity index (χ3v) is 2.84. The molecule has 2 rings (SSSR count). The highest BCUT2D eigenvalue weighted by Gasteiger charge is 2.24. The van der Waals surface area contributed by atoms with Crippen LogP contribution >= 0.6 is 0 Å². The number of rotatable bonds is 1. The molecule has 0 aromatic carbocycles. The molecular weight excluding hydrogens is 270 g/mol. The first-order chi connectivity index (χ1) is 9.74. The van der Waals surface area contributed by atoms with Crippen LogP contribution in [0.4, 0.5) is 4.79 Å². The summed E-state index contributed by atoms with van der Waals surface area (Å²) in [5, 5.41) is 0. The highest BCUT2D eigenvalue weighted by atomic mass is 16.6. The van der Waals surface area contributed by atoms with Gasteiger partial charge < -0.3 is 4.74 Å². The number of aryl methyl sites for hydroxylation is 1. The lowest BCUT2D eigenvalue weighted by molar-refractivity contribution is 0.0544. The van der Waals surface area contributed by atoms with Crippen molar-refractivity contribution in [3.8, 4) is 0 Å². The number of ether oxygens (including phenoxy) is 1. The summed E-state index contributed by atoms with van der Waals surface area (Å²) in [7, 11) is 0. The minimum atomic E-state index is -0.634. The first-order valence-electron chi connectivity index (χ1n) is 6.45. The van der Waals surface area contributed by atoms with Gasteiger partial charge in [0.1, 0.15) is 11.1 Å². The fraction of sp³-hybridized carbons (Fsp3) is 0.333. The van der Waals surface area contributed by atoms with E-state index in [1.165, 1.54) is 10.8 Å². The van der Waals surface area contributed by atoms with Gasteiger partial charge in [0.25, 0.3) is 5.91 Å². The summed E-state index contributed by atoms with van der Waals surface area (Å²) < 4.78 is 6.65. The Bertz CT molecular complexity index is 738. The Labute approximate surface area is 122 Å². The molecule has 2 heterocycles. The van der Waals surface area contributed by atoms with E-state index in [2.05, 4.69) is 16.7 Å². The maximum absolute atomic E-state index is 12.3. The fourth-order valence-electron chi connectivity index (χ4n) is 2.00. The molecule has 0 bridgehead atoms. The molecule has 110 valence electrons. The number of carbonyl (C=O) groups excluding carboxylic acids is 2. The molecular formula is C15H17N3O3. The highest BCUT2D eigenvalue weighted by Crippen LogP contribution is 2.24. The van der Waals surface area contributed by atoms with E-state index in [1.54, 1.807) is 33.0 Å². The van der Waals surface area contributed by atoms with Gasteiger partial charge in [0.05, 0.1) is 11.1 Å². The summed E-state index contributed by atoms with van der Waals surface area (Å²) in [6, 6.07) is 1.76. The van der Waals surface area contributed by atoms with Gasteiger partial charge in [-0.25, -0.2) is 14.4 Å². The van der Waals surface area contributed by atoms with Crippen molar-refractivity contribution in [1.82, 2.24) is 9.55 Å². The molecule has 2 aromatic rings. The monoisotopic (exact) mass is 287 g/mol. The molecule has 0 aliphatic rings. The minimum Gasteiger partial charge on any atom is -0.443 e. The molecule has 2 aromatic heterocycles. The summed E-state index contributed by atoms with van der Waals surface area (Å²) in [6.07, 6.45) is 2.42. The zero-order valence-corrected chi connectivity index (χ0v) is 12.5. The summed E-state index contributed by atoms with van der Waals surface area (Å²) in [4.78, 5) is 31.7. The van der Waals surface area contributed by atoms with Crippen molar-refractivity contribution in [1.29, 1.82) is 0 Å². The van der Waals surface area contributed by atoms with Crippen LogP contribution in [-0.4, -0.2) is 33.9 Å². The Morgan fingerprint density at radius 1 is 1.38 bits per heavy atom. The number of amides is 1. The van der Waals surface area contributed by atoms with E-state index in [0.717, 1.165) is 5.56 Å². The number of pyridine rings is 1. The van der Waals surface area contributed by atoms with Gasteiger partial charge in [-0.3, -0.25) is 9.78 Å². The topological polar surface area (TPSA) is 73.5 Å². The normalized spacial score (nSPS) is 11.4. The molecule has 0 spiro atoms. The van der Waals surface area contributed by atoms with E-state index in [9.17, 15) is 9.59 Å². The molecule has 0 fully saturated rings. The molecule has 6 heteroatoms. The quantitative estimate of drug-likeness (QED) is 0.756. The van der Waals surface area contributed by atoms with E-state index in [4.69, 9.17) is 4.74 Å². The third-order valence-electron chi connectivity index (χ3n) is 2.84. The number of hydrogen-bond donors (Lipinski definition) is 0. The Balaban J connectivity index is 2.66. The Morgan fingerprint density at radius 2 is 2.05 bits per heavy atom. The molecule has 0 aliphatic heterocycles. The molecule has 0 aliphatic carbocycles. The first-order valence-corrected chi connectivity index (χ1v) is 6.45. The molecule has 0 atom stereocenters. The SMILES string of the molecule is C=NC(=O)c1cn(C(=O)OC(C)(C)C)c2c(C)ccnc12. The molecule has 1 amide bonds. The van der Waals surface area contributed by atoms with Crippen molar-refractivity contribution in [3.05, 3.63) is 29.6 Å². The van der Waals surface area contributed by atoms with Crippen LogP contribution in [0.5, 0.6) is 0 Å². The van der Waals surface area contributed by atoms with Crippen LogP contribution in [0.3, 0.4) is 0 Å². The molecule has 0 saturated carbocycles. The number of carbonyl (C=O) groups is 2. The molecule has 6 nitrogen and oxygen atoms in total. The van der Waals surface area contributed by atoms with Gasteiger partial charge in [0, 0.05) is 12.4 Å². The van der Waals surface area contributed by atoms with Crippen LogP contribution < -0.4 is 0 Å². The van der Waals surface area contributed by atoms with Crippen molar-refractivity contribution in [2.24, 2.45) is 4.99 Å². The van der Waals surface area contributed by atoms with Gasteiger partial charge in [-0.05, 0) is 46.0 Å². The fourth-order valence-corrected chi connectivity index (χ4v) is 2.00. The second-order valence-corrected chi connectivity index (χ2v) is 5.68. The summed E-state index contributed by atoms with van der Waals surface area (Å²) in [6.45, 7) is 10.4.